The molecule has 2 N–H and O–H groups in total. The molecule has 1 aliphatic heterocycles. The van der Waals surface area contributed by atoms with Crippen molar-refractivity contribution in [1.82, 2.24) is 9.88 Å². The summed E-state index contributed by atoms with van der Waals surface area (Å²) in [5.41, 5.74) is 0.976. The van der Waals surface area contributed by atoms with Gasteiger partial charge in [-0.2, -0.15) is 0 Å². The van der Waals surface area contributed by atoms with Gasteiger partial charge in [-0.05, 0) is 12.1 Å². The number of amides is 1. The zero-order valence-corrected chi connectivity index (χ0v) is 11.0. The molecule has 0 radical (unpaired) electrons. The van der Waals surface area contributed by atoms with Gasteiger partial charge in [-0.3, -0.25) is 4.79 Å². The summed E-state index contributed by atoms with van der Waals surface area (Å²) in [6.07, 6.45) is 1.17. The van der Waals surface area contributed by atoms with Gasteiger partial charge in [0.05, 0.1) is 19.3 Å². The molecule has 1 unspecified atom stereocenters. The molecule has 6 nitrogen and oxygen atoms in total. The topological polar surface area (TPSA) is 82.9 Å². The number of nitrogens with zero attached hydrogens (tertiary/aromatic N) is 2. The van der Waals surface area contributed by atoms with E-state index in [4.69, 9.17) is 14.9 Å². The number of carbonyl (C=O) groups excluding carboxylic acids is 1. The zero-order valence-electron chi connectivity index (χ0n) is 11.0. The molecule has 0 saturated carbocycles. The Labute approximate surface area is 117 Å². The smallest absolute Gasteiger partial charge is 0.272 e. The Bertz CT molecular complexity index is 518. The molecule has 1 aromatic heterocycles. The summed E-state index contributed by atoms with van der Waals surface area (Å²) in [5.74, 6) is 5.04. The third kappa shape index (κ3) is 3.54. The van der Waals surface area contributed by atoms with Crippen molar-refractivity contribution in [2.75, 3.05) is 32.9 Å². The van der Waals surface area contributed by atoms with Gasteiger partial charge in [0, 0.05) is 24.8 Å². The minimum atomic E-state index is -0.331. The summed E-state index contributed by atoms with van der Waals surface area (Å²) in [7, 11) is 0. The summed E-state index contributed by atoms with van der Waals surface area (Å²) in [5, 5.41) is 17.7. The van der Waals surface area contributed by atoms with Crippen molar-refractivity contribution >= 4 is 5.91 Å². The van der Waals surface area contributed by atoms with Gasteiger partial charge in [0.15, 0.2) is 0 Å². The average molecular weight is 276 g/mol. The van der Waals surface area contributed by atoms with Crippen LogP contribution in [0.5, 0.6) is 0 Å². The Kier molecular flexibility index (Phi) is 5.07. The van der Waals surface area contributed by atoms with E-state index < -0.39 is 0 Å². The first-order valence-corrected chi connectivity index (χ1v) is 6.32. The quantitative estimate of drug-likeness (QED) is 0.695. The van der Waals surface area contributed by atoms with Gasteiger partial charge in [0.2, 0.25) is 0 Å². The van der Waals surface area contributed by atoms with Crippen molar-refractivity contribution in [3.63, 3.8) is 0 Å². The molecular formula is C14H16N2O4. The van der Waals surface area contributed by atoms with Gasteiger partial charge < -0.3 is 19.8 Å². The van der Waals surface area contributed by atoms with Crippen LogP contribution in [0.3, 0.4) is 0 Å². The minimum absolute atomic E-state index is 0.104. The normalized spacial score (nSPS) is 18.3. The molecular weight excluding hydrogens is 260 g/mol. The van der Waals surface area contributed by atoms with Crippen LogP contribution in [0.25, 0.3) is 0 Å². The van der Waals surface area contributed by atoms with Crippen LogP contribution in [-0.4, -0.2) is 65.0 Å². The number of pyridine rings is 1. The highest BCUT2D eigenvalue weighted by Gasteiger charge is 2.25. The Morgan fingerprint density at radius 2 is 2.35 bits per heavy atom. The predicted octanol–water partition coefficient (Wildman–Crippen LogP) is -0.741. The highest BCUT2D eigenvalue weighted by atomic mass is 16.5. The lowest BCUT2D eigenvalue weighted by Gasteiger charge is -2.31. The van der Waals surface area contributed by atoms with Gasteiger partial charge in [-0.1, -0.05) is 11.8 Å². The molecule has 0 aromatic carbocycles. The Morgan fingerprint density at radius 1 is 1.50 bits per heavy atom. The van der Waals surface area contributed by atoms with Crippen LogP contribution >= 0.6 is 0 Å². The van der Waals surface area contributed by atoms with Gasteiger partial charge in [0.25, 0.3) is 5.91 Å². The lowest BCUT2D eigenvalue weighted by atomic mass is 10.2. The average Bonchev–Trinajstić information content (AvgIpc) is 2.52. The zero-order chi connectivity index (χ0) is 14.4. The first-order valence-electron chi connectivity index (χ1n) is 6.32. The number of carbonyl (C=O) groups is 1. The van der Waals surface area contributed by atoms with E-state index in [0.717, 1.165) is 0 Å². The lowest BCUT2D eigenvalue weighted by molar-refractivity contribution is -0.0448. The minimum Gasteiger partial charge on any atom is -0.394 e. The first kappa shape index (κ1) is 14.5. The van der Waals surface area contributed by atoms with Gasteiger partial charge in [-0.15, -0.1) is 0 Å². The van der Waals surface area contributed by atoms with Crippen molar-refractivity contribution in [2.24, 2.45) is 0 Å². The van der Waals surface area contributed by atoms with Crippen LogP contribution in [0.4, 0.5) is 0 Å². The number of aromatic nitrogens is 1. The third-order valence-electron chi connectivity index (χ3n) is 2.92. The van der Waals surface area contributed by atoms with Crippen molar-refractivity contribution in [3.8, 4) is 11.8 Å². The molecule has 1 amide bonds. The molecule has 106 valence electrons. The van der Waals surface area contributed by atoms with E-state index in [-0.39, 0.29) is 25.2 Å². The maximum Gasteiger partial charge on any atom is 0.272 e. The second-order valence-electron chi connectivity index (χ2n) is 4.32. The second kappa shape index (κ2) is 7.01. The van der Waals surface area contributed by atoms with E-state index in [1.165, 1.54) is 6.20 Å². The molecule has 0 aliphatic carbocycles. The molecule has 1 saturated heterocycles. The van der Waals surface area contributed by atoms with Crippen molar-refractivity contribution in [2.45, 2.75) is 6.10 Å². The predicted molar refractivity (Wildman–Crippen MR) is 70.9 cm³/mol. The molecule has 20 heavy (non-hydrogen) atoms. The van der Waals surface area contributed by atoms with Crippen molar-refractivity contribution in [1.29, 1.82) is 0 Å². The van der Waals surface area contributed by atoms with E-state index in [0.29, 0.717) is 31.0 Å². The number of aliphatic hydroxyl groups is 2. The number of hydrogen-bond donors (Lipinski definition) is 2. The number of morpholine rings is 1. The third-order valence-corrected chi connectivity index (χ3v) is 2.92. The molecule has 0 spiro atoms. The Morgan fingerprint density at radius 3 is 3.00 bits per heavy atom. The summed E-state index contributed by atoms with van der Waals surface area (Å²) < 4.78 is 5.30. The van der Waals surface area contributed by atoms with Crippen molar-refractivity contribution in [3.05, 3.63) is 29.6 Å². The van der Waals surface area contributed by atoms with Gasteiger partial charge >= 0.3 is 0 Å². The van der Waals surface area contributed by atoms with E-state index in [2.05, 4.69) is 16.8 Å². The first-order chi connectivity index (χ1) is 9.74. The molecule has 1 aromatic rings. The number of ether oxygens (including phenoxy) is 1. The highest BCUT2D eigenvalue weighted by molar-refractivity contribution is 5.92. The molecule has 1 fully saturated rings. The Hall–Kier alpha value is -1.94. The molecule has 2 heterocycles. The van der Waals surface area contributed by atoms with Crippen LogP contribution in [0.1, 0.15) is 16.1 Å². The molecule has 1 atom stereocenters. The van der Waals surface area contributed by atoms with Crippen LogP contribution in [-0.2, 0) is 4.74 Å². The van der Waals surface area contributed by atoms with Crippen LogP contribution in [0.15, 0.2) is 18.3 Å². The van der Waals surface area contributed by atoms with Crippen LogP contribution in [0.2, 0.25) is 0 Å². The maximum atomic E-state index is 12.2. The second-order valence-corrected chi connectivity index (χ2v) is 4.32. The largest absolute Gasteiger partial charge is 0.394 e. The maximum absolute atomic E-state index is 12.2. The summed E-state index contributed by atoms with van der Waals surface area (Å²) in [4.78, 5) is 17.9. The monoisotopic (exact) mass is 276 g/mol. The van der Waals surface area contributed by atoms with E-state index in [1.807, 2.05) is 0 Å². The summed E-state index contributed by atoms with van der Waals surface area (Å²) >= 11 is 0. The molecule has 6 heteroatoms. The fraction of sp³-hybridized carbons (Fsp3) is 0.429. The fourth-order valence-corrected chi connectivity index (χ4v) is 1.91. The van der Waals surface area contributed by atoms with E-state index in [9.17, 15) is 4.79 Å². The number of rotatable bonds is 2. The van der Waals surface area contributed by atoms with Crippen molar-refractivity contribution < 1.29 is 19.7 Å². The van der Waals surface area contributed by atoms with E-state index >= 15 is 0 Å². The highest BCUT2D eigenvalue weighted by Crippen LogP contribution is 2.09. The van der Waals surface area contributed by atoms with E-state index in [1.54, 1.807) is 17.0 Å². The number of hydrogen-bond acceptors (Lipinski definition) is 5. The van der Waals surface area contributed by atoms with Gasteiger partial charge in [-0.25, -0.2) is 4.98 Å². The lowest BCUT2D eigenvalue weighted by Crippen LogP contribution is -2.47. The molecule has 1 aliphatic rings. The molecule has 0 bridgehead atoms. The Balaban J connectivity index is 2.05. The number of aliphatic hydroxyl groups excluding tert-OH is 2. The van der Waals surface area contributed by atoms with Crippen LogP contribution < -0.4 is 0 Å². The van der Waals surface area contributed by atoms with Crippen LogP contribution in [0, 0.1) is 11.8 Å². The van der Waals surface area contributed by atoms with Gasteiger partial charge in [0.1, 0.15) is 12.3 Å². The summed E-state index contributed by atoms with van der Waals surface area (Å²) in [6, 6.07) is 3.29. The molecule has 2 rings (SSSR count). The fourth-order valence-electron chi connectivity index (χ4n) is 1.91. The SMILES string of the molecule is O=C(c1ccc(C#CCO)cn1)N1CCOC(CO)C1. The standard InChI is InChI=1S/C14H16N2O4/c17-6-1-2-11-3-4-13(15-8-11)14(19)16-5-7-20-12(9-16)10-18/h3-4,8,12,17-18H,5-7,9-10H2. The summed E-state index contributed by atoms with van der Waals surface area (Å²) in [6.45, 7) is 0.951.